The molecule has 2 rings (SSSR count). The molecule has 2 fully saturated rings. The third-order valence-electron chi connectivity index (χ3n) is 4.00. The minimum atomic E-state index is -0.189. The van der Waals surface area contributed by atoms with Crippen LogP contribution in [0.15, 0.2) is 4.99 Å². The summed E-state index contributed by atoms with van der Waals surface area (Å²) in [6.07, 6.45) is 6.28. The summed E-state index contributed by atoms with van der Waals surface area (Å²) in [5.41, 5.74) is 2.44. The summed E-state index contributed by atoms with van der Waals surface area (Å²) < 4.78 is 6.11. The third kappa shape index (κ3) is 4.09. The molecule has 5 nitrogen and oxygen atoms in total. The average molecular weight is 282 g/mol. The van der Waals surface area contributed by atoms with Gasteiger partial charge in [0.2, 0.25) is 5.96 Å². The Bertz CT molecular complexity index is 343. The van der Waals surface area contributed by atoms with Crippen LogP contribution < -0.4 is 11.3 Å². The highest BCUT2D eigenvalue weighted by molar-refractivity contribution is 5.80. The van der Waals surface area contributed by atoms with E-state index in [9.17, 15) is 0 Å². The summed E-state index contributed by atoms with van der Waals surface area (Å²) in [4.78, 5) is 7.09. The monoisotopic (exact) mass is 282 g/mol. The molecule has 1 aliphatic carbocycles. The van der Waals surface area contributed by atoms with Crippen LogP contribution in [-0.2, 0) is 4.74 Å². The number of hydrogen-bond donors (Lipinski definition) is 2. The number of nitrogens with one attached hydrogen (secondary N) is 1. The molecule has 0 unspecified atom stereocenters. The van der Waals surface area contributed by atoms with E-state index in [2.05, 4.69) is 38.0 Å². The highest BCUT2D eigenvalue weighted by Gasteiger charge is 2.39. The molecular formula is C15H30N4O. The lowest BCUT2D eigenvalue weighted by Gasteiger charge is -2.48. The first-order valence-electron chi connectivity index (χ1n) is 7.81. The van der Waals surface area contributed by atoms with Gasteiger partial charge in [0.05, 0.1) is 17.2 Å². The van der Waals surface area contributed by atoms with E-state index < -0.39 is 0 Å². The zero-order chi connectivity index (χ0) is 14.8. The van der Waals surface area contributed by atoms with Crippen LogP contribution in [0.4, 0.5) is 0 Å². The van der Waals surface area contributed by atoms with Crippen molar-refractivity contribution < 1.29 is 4.74 Å². The largest absolute Gasteiger partial charge is 0.366 e. The molecule has 2 aliphatic rings. The number of ether oxygens (including phenoxy) is 1. The van der Waals surface area contributed by atoms with Crippen LogP contribution in [0.1, 0.15) is 59.8 Å². The normalized spacial score (nSPS) is 27.4. The molecule has 0 aromatic carbocycles. The number of nitrogens with zero attached hydrogens (tertiary/aromatic N) is 2. The van der Waals surface area contributed by atoms with E-state index in [1.165, 1.54) is 32.1 Å². The Hall–Kier alpha value is -0.810. The van der Waals surface area contributed by atoms with Crippen molar-refractivity contribution in [3.8, 4) is 0 Å². The molecule has 1 saturated heterocycles. The van der Waals surface area contributed by atoms with Crippen LogP contribution in [-0.4, -0.2) is 41.2 Å². The van der Waals surface area contributed by atoms with E-state index in [0.29, 0.717) is 6.04 Å². The van der Waals surface area contributed by atoms with Gasteiger partial charge in [0.15, 0.2) is 0 Å². The number of nitrogens with two attached hydrogens (primary N) is 1. The summed E-state index contributed by atoms with van der Waals surface area (Å²) in [5.74, 6) is 6.56. The van der Waals surface area contributed by atoms with Crippen LogP contribution in [0, 0.1) is 0 Å². The van der Waals surface area contributed by atoms with Crippen LogP contribution in [0.2, 0.25) is 0 Å². The van der Waals surface area contributed by atoms with Gasteiger partial charge < -0.3 is 9.64 Å². The topological polar surface area (TPSA) is 62.9 Å². The fraction of sp³-hybridized carbons (Fsp3) is 0.933. The number of guanidine groups is 1. The van der Waals surface area contributed by atoms with Gasteiger partial charge >= 0.3 is 0 Å². The molecule has 3 N–H and O–H groups in total. The molecule has 0 aromatic heterocycles. The molecule has 0 spiro atoms. The Morgan fingerprint density at radius 3 is 2.15 bits per heavy atom. The fourth-order valence-electron chi connectivity index (χ4n) is 3.53. The van der Waals surface area contributed by atoms with Crippen molar-refractivity contribution in [2.24, 2.45) is 10.8 Å². The maximum atomic E-state index is 6.11. The van der Waals surface area contributed by atoms with Gasteiger partial charge in [0.1, 0.15) is 0 Å². The zero-order valence-electron chi connectivity index (χ0n) is 13.4. The second kappa shape index (κ2) is 5.90. The summed E-state index contributed by atoms with van der Waals surface area (Å²) in [5, 5.41) is 0. The van der Waals surface area contributed by atoms with E-state index in [4.69, 9.17) is 15.6 Å². The smallest absolute Gasteiger partial charge is 0.208 e. The zero-order valence-corrected chi connectivity index (χ0v) is 13.4. The second-order valence-corrected chi connectivity index (χ2v) is 7.37. The van der Waals surface area contributed by atoms with Crippen molar-refractivity contribution in [3.05, 3.63) is 0 Å². The molecule has 20 heavy (non-hydrogen) atoms. The Morgan fingerprint density at radius 1 is 1.10 bits per heavy atom. The molecule has 5 heteroatoms. The lowest BCUT2D eigenvalue weighted by molar-refractivity contribution is -0.167. The molecule has 1 heterocycles. The highest BCUT2D eigenvalue weighted by Crippen LogP contribution is 2.28. The van der Waals surface area contributed by atoms with Crippen molar-refractivity contribution in [2.45, 2.75) is 77.0 Å². The molecular weight excluding hydrogens is 252 g/mol. The van der Waals surface area contributed by atoms with Crippen molar-refractivity contribution in [2.75, 3.05) is 13.1 Å². The molecule has 0 amide bonds. The molecule has 0 bridgehead atoms. The van der Waals surface area contributed by atoms with Crippen LogP contribution >= 0.6 is 0 Å². The summed E-state index contributed by atoms with van der Waals surface area (Å²) >= 11 is 0. The molecule has 1 aliphatic heterocycles. The molecule has 0 atom stereocenters. The average Bonchev–Trinajstić information content (AvgIpc) is 2.33. The molecule has 1 saturated carbocycles. The molecule has 0 aromatic rings. The SMILES string of the molecule is CC1(C)CN(C(=NC2CCCCC2)NN)CC(C)(C)O1. The van der Waals surface area contributed by atoms with Gasteiger partial charge in [-0.15, -0.1) is 0 Å². The Morgan fingerprint density at radius 2 is 1.65 bits per heavy atom. The van der Waals surface area contributed by atoms with E-state index in [0.717, 1.165) is 19.0 Å². The second-order valence-electron chi connectivity index (χ2n) is 7.37. The number of hydrazine groups is 1. The summed E-state index contributed by atoms with van der Waals surface area (Å²) in [6.45, 7) is 10.1. The maximum absolute atomic E-state index is 6.11. The van der Waals surface area contributed by atoms with Gasteiger partial charge in [-0.3, -0.25) is 5.43 Å². The Balaban J connectivity index is 2.11. The van der Waals surface area contributed by atoms with Crippen molar-refractivity contribution in [1.29, 1.82) is 0 Å². The number of aliphatic imine (C=N–C) groups is 1. The van der Waals surface area contributed by atoms with Crippen molar-refractivity contribution in [1.82, 2.24) is 10.3 Å². The van der Waals surface area contributed by atoms with E-state index in [1.807, 2.05) is 0 Å². The van der Waals surface area contributed by atoms with E-state index in [-0.39, 0.29) is 11.2 Å². The quantitative estimate of drug-likeness (QED) is 0.334. The van der Waals surface area contributed by atoms with Crippen molar-refractivity contribution >= 4 is 5.96 Å². The van der Waals surface area contributed by atoms with Gasteiger partial charge in [0, 0.05) is 13.1 Å². The lowest BCUT2D eigenvalue weighted by atomic mass is 9.96. The predicted octanol–water partition coefficient (Wildman–Crippen LogP) is 2.03. The highest BCUT2D eigenvalue weighted by atomic mass is 16.5. The molecule has 0 radical (unpaired) electrons. The Kier molecular flexibility index (Phi) is 4.59. The van der Waals surface area contributed by atoms with Crippen LogP contribution in [0.5, 0.6) is 0 Å². The first-order chi connectivity index (χ1) is 9.31. The van der Waals surface area contributed by atoms with Gasteiger partial charge in [-0.2, -0.15) is 0 Å². The minimum Gasteiger partial charge on any atom is -0.366 e. The van der Waals surface area contributed by atoms with Gasteiger partial charge in [0.25, 0.3) is 0 Å². The minimum absolute atomic E-state index is 0.189. The number of rotatable bonds is 1. The van der Waals surface area contributed by atoms with Crippen LogP contribution in [0.3, 0.4) is 0 Å². The Labute approximate surface area is 122 Å². The van der Waals surface area contributed by atoms with Crippen LogP contribution in [0.25, 0.3) is 0 Å². The van der Waals surface area contributed by atoms with E-state index in [1.54, 1.807) is 0 Å². The standard InChI is InChI=1S/C15H30N4O/c1-14(2)10-19(11-15(3,4)20-14)13(18-16)17-12-8-6-5-7-9-12/h12H,5-11,16H2,1-4H3,(H,17,18). The first-order valence-corrected chi connectivity index (χ1v) is 7.81. The number of hydrogen-bond acceptors (Lipinski definition) is 3. The van der Waals surface area contributed by atoms with Gasteiger partial charge in [-0.1, -0.05) is 19.3 Å². The third-order valence-corrected chi connectivity index (χ3v) is 4.00. The predicted molar refractivity (Wildman–Crippen MR) is 82.4 cm³/mol. The van der Waals surface area contributed by atoms with Gasteiger partial charge in [-0.25, -0.2) is 10.8 Å². The molecule has 116 valence electrons. The van der Waals surface area contributed by atoms with Gasteiger partial charge in [-0.05, 0) is 40.5 Å². The summed E-state index contributed by atoms with van der Waals surface area (Å²) in [6, 6.07) is 0.420. The first kappa shape index (κ1) is 15.6. The lowest BCUT2D eigenvalue weighted by Crippen LogP contribution is -2.61. The fourth-order valence-corrected chi connectivity index (χ4v) is 3.53. The maximum Gasteiger partial charge on any atom is 0.208 e. The number of morpholine rings is 1. The summed E-state index contributed by atoms with van der Waals surface area (Å²) in [7, 11) is 0. The van der Waals surface area contributed by atoms with Crippen molar-refractivity contribution in [3.63, 3.8) is 0 Å². The van der Waals surface area contributed by atoms with E-state index >= 15 is 0 Å².